The van der Waals surface area contributed by atoms with Crippen molar-refractivity contribution in [3.05, 3.63) is 10.8 Å². The lowest BCUT2D eigenvalue weighted by molar-refractivity contribution is 0.113. The van der Waals surface area contributed by atoms with E-state index in [0.29, 0.717) is 21.1 Å². The second kappa shape index (κ2) is 6.23. The van der Waals surface area contributed by atoms with Gasteiger partial charge in [-0.1, -0.05) is 0 Å². The van der Waals surface area contributed by atoms with Crippen LogP contribution in [0.4, 0.5) is 5.82 Å². The molecule has 1 aromatic rings. The summed E-state index contributed by atoms with van der Waals surface area (Å²) < 4.78 is 0.641. The first kappa shape index (κ1) is 12.7. The number of nitrogen functional groups attached to an aromatic ring is 1. The summed E-state index contributed by atoms with van der Waals surface area (Å²) in [5, 5.41) is 18.5. The Morgan fingerprint density at radius 1 is 1.60 bits per heavy atom. The number of thioether (sulfide) groups is 1. The van der Waals surface area contributed by atoms with Crippen LogP contribution in [0.5, 0.6) is 0 Å². The van der Waals surface area contributed by atoms with E-state index in [4.69, 9.17) is 16.1 Å². The van der Waals surface area contributed by atoms with Crippen LogP contribution in [0.2, 0.25) is 0 Å². The molecule has 84 valence electrons. The number of aliphatic hydroxyl groups is 2. The van der Waals surface area contributed by atoms with Crippen LogP contribution in [0.25, 0.3) is 0 Å². The molecule has 0 aliphatic carbocycles. The molecule has 8 heteroatoms. The number of rotatable bonds is 5. The lowest BCUT2D eigenvalue weighted by atomic mass is 10.4. The molecule has 0 saturated heterocycles. The van der Waals surface area contributed by atoms with Gasteiger partial charge in [-0.2, -0.15) is 0 Å². The predicted molar refractivity (Wildman–Crippen MR) is 61.4 cm³/mol. The van der Waals surface area contributed by atoms with Crippen LogP contribution >= 0.6 is 27.7 Å². The van der Waals surface area contributed by atoms with Crippen molar-refractivity contribution in [1.82, 2.24) is 9.97 Å². The van der Waals surface area contributed by atoms with Gasteiger partial charge in [0.1, 0.15) is 11.4 Å². The molecule has 1 rings (SSSR count). The van der Waals surface area contributed by atoms with Gasteiger partial charge in [0, 0.05) is 5.75 Å². The van der Waals surface area contributed by atoms with Crippen molar-refractivity contribution in [1.29, 1.82) is 0 Å². The van der Waals surface area contributed by atoms with E-state index in [0.717, 1.165) is 0 Å². The molecule has 0 aliphatic heterocycles. The first-order chi connectivity index (χ1) is 7.19. The standard InChI is InChI=1S/C7H11BrN4O2S/c8-5-6(12-9)10-3-11-7(5)15-2-4(14)1-13/h3-4,13-14H,1-2,9H2,(H,10,11,12). The molecule has 0 amide bonds. The summed E-state index contributed by atoms with van der Waals surface area (Å²) in [7, 11) is 0. The number of anilines is 1. The summed E-state index contributed by atoms with van der Waals surface area (Å²) >= 11 is 4.59. The molecule has 1 aromatic heterocycles. The van der Waals surface area contributed by atoms with Gasteiger partial charge in [-0.15, -0.1) is 11.8 Å². The van der Waals surface area contributed by atoms with Crippen LogP contribution in [0.15, 0.2) is 15.8 Å². The largest absolute Gasteiger partial charge is 0.394 e. The lowest BCUT2D eigenvalue weighted by Gasteiger charge is -2.08. The number of nitrogens with zero attached hydrogens (tertiary/aromatic N) is 2. The Morgan fingerprint density at radius 3 is 2.93 bits per heavy atom. The molecule has 1 unspecified atom stereocenters. The van der Waals surface area contributed by atoms with E-state index >= 15 is 0 Å². The third-order valence-corrected chi connectivity index (χ3v) is 3.67. The van der Waals surface area contributed by atoms with E-state index in [1.54, 1.807) is 0 Å². The van der Waals surface area contributed by atoms with Crippen LogP contribution in [0, 0.1) is 0 Å². The number of hydrazine groups is 1. The molecule has 6 nitrogen and oxygen atoms in total. The molecule has 5 N–H and O–H groups in total. The number of halogens is 1. The van der Waals surface area contributed by atoms with E-state index in [1.807, 2.05) is 0 Å². The molecule has 0 spiro atoms. The molecular formula is C7H11BrN4O2S. The Morgan fingerprint density at radius 2 is 2.33 bits per heavy atom. The maximum Gasteiger partial charge on any atom is 0.158 e. The molecule has 1 atom stereocenters. The maximum atomic E-state index is 9.17. The zero-order chi connectivity index (χ0) is 11.3. The molecule has 0 aliphatic rings. The minimum atomic E-state index is -0.758. The number of aromatic nitrogens is 2. The van der Waals surface area contributed by atoms with Gasteiger partial charge in [-0.3, -0.25) is 0 Å². The molecule has 0 radical (unpaired) electrons. The fourth-order valence-electron chi connectivity index (χ4n) is 0.783. The summed E-state index contributed by atoms with van der Waals surface area (Å²) in [6.07, 6.45) is 0.610. The molecule has 0 fully saturated rings. The van der Waals surface area contributed by atoms with Crippen molar-refractivity contribution in [3.8, 4) is 0 Å². The molecule has 15 heavy (non-hydrogen) atoms. The Hall–Kier alpha value is -0.410. The van der Waals surface area contributed by atoms with E-state index in [1.165, 1.54) is 18.1 Å². The van der Waals surface area contributed by atoms with Crippen molar-refractivity contribution >= 4 is 33.5 Å². The van der Waals surface area contributed by atoms with Crippen LogP contribution < -0.4 is 11.3 Å². The predicted octanol–water partition coefficient (Wildman–Crippen LogP) is -0.0300. The minimum absolute atomic E-state index is 0.266. The Balaban J connectivity index is 2.68. The summed E-state index contributed by atoms with van der Waals surface area (Å²) in [5.74, 6) is 6.07. The monoisotopic (exact) mass is 294 g/mol. The van der Waals surface area contributed by atoms with Gasteiger partial charge in [0.15, 0.2) is 5.82 Å². The smallest absolute Gasteiger partial charge is 0.158 e. The van der Waals surface area contributed by atoms with E-state index in [9.17, 15) is 0 Å². The Labute approximate surface area is 99.4 Å². The molecule has 1 heterocycles. The number of hydrogen-bond donors (Lipinski definition) is 4. The van der Waals surface area contributed by atoms with Gasteiger partial charge in [0.05, 0.1) is 17.2 Å². The van der Waals surface area contributed by atoms with Crippen LogP contribution in [-0.4, -0.2) is 38.6 Å². The zero-order valence-electron chi connectivity index (χ0n) is 7.72. The van der Waals surface area contributed by atoms with E-state index < -0.39 is 6.10 Å². The topological polar surface area (TPSA) is 104 Å². The third kappa shape index (κ3) is 3.58. The second-order valence-corrected chi connectivity index (χ2v) is 4.43. The number of hydrogen-bond acceptors (Lipinski definition) is 7. The van der Waals surface area contributed by atoms with Crippen molar-refractivity contribution in [3.63, 3.8) is 0 Å². The normalized spacial score (nSPS) is 12.5. The highest BCUT2D eigenvalue weighted by atomic mass is 79.9. The van der Waals surface area contributed by atoms with Gasteiger partial charge in [0.25, 0.3) is 0 Å². The summed E-state index contributed by atoms with van der Waals surface area (Å²) in [6, 6.07) is 0. The van der Waals surface area contributed by atoms with Crippen LogP contribution in [0.1, 0.15) is 0 Å². The summed E-state index contributed by atoms with van der Waals surface area (Å²) in [5.41, 5.74) is 2.41. The lowest BCUT2D eigenvalue weighted by Crippen LogP contribution is -2.15. The minimum Gasteiger partial charge on any atom is -0.394 e. The Bertz CT molecular complexity index is 328. The van der Waals surface area contributed by atoms with E-state index in [2.05, 4.69) is 31.3 Å². The van der Waals surface area contributed by atoms with Crippen LogP contribution in [0.3, 0.4) is 0 Å². The number of nitrogens with one attached hydrogen (secondary N) is 1. The highest BCUT2D eigenvalue weighted by Gasteiger charge is 2.10. The zero-order valence-corrected chi connectivity index (χ0v) is 10.1. The Kier molecular flexibility index (Phi) is 5.26. The SMILES string of the molecule is NNc1ncnc(SCC(O)CO)c1Br. The van der Waals surface area contributed by atoms with Gasteiger partial charge in [-0.05, 0) is 15.9 Å². The third-order valence-electron chi connectivity index (χ3n) is 1.52. The molecular weight excluding hydrogens is 284 g/mol. The molecule has 0 saturated carbocycles. The number of aliphatic hydroxyl groups excluding tert-OH is 2. The summed E-state index contributed by atoms with van der Waals surface area (Å²) in [6.45, 7) is -0.266. The highest BCUT2D eigenvalue weighted by Crippen LogP contribution is 2.29. The highest BCUT2D eigenvalue weighted by molar-refractivity contribution is 9.10. The molecule has 0 bridgehead atoms. The van der Waals surface area contributed by atoms with Gasteiger partial charge in [-0.25, -0.2) is 15.8 Å². The quantitative estimate of drug-likeness (QED) is 0.262. The van der Waals surface area contributed by atoms with Crippen molar-refractivity contribution < 1.29 is 10.2 Å². The first-order valence-electron chi connectivity index (χ1n) is 4.07. The fraction of sp³-hybridized carbons (Fsp3) is 0.429. The average molecular weight is 295 g/mol. The second-order valence-electron chi connectivity index (χ2n) is 2.63. The van der Waals surface area contributed by atoms with Crippen molar-refractivity contribution in [2.24, 2.45) is 5.84 Å². The van der Waals surface area contributed by atoms with Gasteiger partial charge >= 0.3 is 0 Å². The molecule has 0 aromatic carbocycles. The van der Waals surface area contributed by atoms with Crippen molar-refractivity contribution in [2.75, 3.05) is 17.8 Å². The van der Waals surface area contributed by atoms with Crippen LogP contribution in [-0.2, 0) is 0 Å². The summed E-state index contributed by atoms with van der Waals surface area (Å²) in [4.78, 5) is 7.90. The van der Waals surface area contributed by atoms with Crippen molar-refractivity contribution in [2.45, 2.75) is 11.1 Å². The van der Waals surface area contributed by atoms with Gasteiger partial charge < -0.3 is 15.6 Å². The average Bonchev–Trinajstić information content (AvgIpc) is 2.27. The van der Waals surface area contributed by atoms with E-state index in [-0.39, 0.29) is 6.61 Å². The van der Waals surface area contributed by atoms with Gasteiger partial charge in [0.2, 0.25) is 0 Å². The maximum absolute atomic E-state index is 9.17. The first-order valence-corrected chi connectivity index (χ1v) is 5.85. The number of nitrogens with two attached hydrogens (primary N) is 1. The fourth-order valence-corrected chi connectivity index (χ4v) is 2.25.